The number of aliphatic hydroxyl groups excluding tert-OH is 10. The summed E-state index contributed by atoms with van der Waals surface area (Å²) in [5, 5.41) is 102. The van der Waals surface area contributed by atoms with Crippen LogP contribution in [0.3, 0.4) is 0 Å². The van der Waals surface area contributed by atoms with E-state index in [-0.39, 0.29) is 55.0 Å². The van der Waals surface area contributed by atoms with E-state index in [2.05, 4.69) is 6.58 Å². The van der Waals surface area contributed by atoms with Crippen molar-refractivity contribution in [1.29, 1.82) is 0 Å². The first-order chi connectivity index (χ1) is 29.5. The van der Waals surface area contributed by atoms with Crippen LogP contribution in [0, 0.1) is 41.4 Å². The monoisotopic (exact) mass is 888 g/mol. The van der Waals surface area contributed by atoms with E-state index in [0.717, 1.165) is 19.3 Å². The third-order valence-corrected chi connectivity index (χ3v) is 13.4. The van der Waals surface area contributed by atoms with Gasteiger partial charge >= 0.3 is 11.9 Å². The Kier molecular flexibility index (Phi) is 16.5. The molecule has 0 spiro atoms. The average Bonchev–Trinajstić information content (AvgIpc) is 3.72. The molecule has 0 amide bonds. The van der Waals surface area contributed by atoms with Crippen LogP contribution in [0.1, 0.15) is 59.3 Å². The van der Waals surface area contributed by atoms with Crippen LogP contribution in [0.4, 0.5) is 0 Å². The van der Waals surface area contributed by atoms with Crippen molar-refractivity contribution >= 4 is 11.9 Å². The topological polar surface area (TPSA) is 310 Å². The fraction of sp³-hybridized carbons (Fsp3) is 0.810. The van der Waals surface area contributed by atoms with Crippen LogP contribution in [-0.4, -0.2) is 176 Å². The smallest absolute Gasteiger partial charge is 0.337 e. The summed E-state index contributed by atoms with van der Waals surface area (Å²) in [5.41, 5.74) is 0.764. The second kappa shape index (κ2) is 21.0. The van der Waals surface area contributed by atoms with Gasteiger partial charge in [-0.2, -0.15) is 0 Å². The summed E-state index contributed by atoms with van der Waals surface area (Å²) in [6.07, 6.45) is -13.4. The number of aliphatic hydroxyl groups is 10. The Bertz CT molecular complexity index is 1600. The predicted octanol–water partition coefficient (Wildman–Crippen LogP) is -1.79. The quantitative estimate of drug-likeness (QED) is 0.0569. The number of carbonyl (C=O) groups excluding carboxylic acids is 2. The van der Waals surface area contributed by atoms with Gasteiger partial charge in [-0.3, -0.25) is 0 Å². The van der Waals surface area contributed by atoms with E-state index in [0.29, 0.717) is 12.0 Å². The molecule has 352 valence electrons. The van der Waals surface area contributed by atoms with E-state index in [1.54, 1.807) is 6.92 Å². The maximum absolute atomic E-state index is 13.3. The van der Waals surface area contributed by atoms with Crippen molar-refractivity contribution in [3.63, 3.8) is 0 Å². The molecule has 20 heteroatoms. The first kappa shape index (κ1) is 48.7. The second-order valence-corrected chi connectivity index (χ2v) is 17.8. The predicted molar refractivity (Wildman–Crippen MR) is 208 cm³/mol. The zero-order chi connectivity index (χ0) is 45.2. The zero-order valence-corrected chi connectivity index (χ0v) is 35.1. The minimum absolute atomic E-state index is 0.000127. The Morgan fingerprint density at radius 3 is 1.82 bits per heavy atom. The van der Waals surface area contributed by atoms with E-state index in [1.807, 2.05) is 13.8 Å². The Hall–Kier alpha value is -2.80. The van der Waals surface area contributed by atoms with Gasteiger partial charge in [0.25, 0.3) is 0 Å². The van der Waals surface area contributed by atoms with Gasteiger partial charge in [0, 0.05) is 17.8 Å². The highest BCUT2D eigenvalue weighted by Crippen LogP contribution is 2.49. The molecule has 0 aromatic carbocycles. The number of hydrogen-bond acceptors (Lipinski definition) is 20. The van der Waals surface area contributed by atoms with Crippen LogP contribution in [0.5, 0.6) is 0 Å². The summed E-state index contributed by atoms with van der Waals surface area (Å²) < 4.78 is 45.5. The highest BCUT2D eigenvalue weighted by atomic mass is 16.8. The molecule has 21 atom stereocenters. The molecule has 10 N–H and O–H groups in total. The molecule has 2 aliphatic carbocycles. The van der Waals surface area contributed by atoms with Crippen molar-refractivity contribution < 1.29 is 98.5 Å². The lowest BCUT2D eigenvalue weighted by Gasteiger charge is -2.43. The molecule has 4 heterocycles. The summed E-state index contributed by atoms with van der Waals surface area (Å²) in [6, 6.07) is 0. The van der Waals surface area contributed by atoms with Crippen molar-refractivity contribution in [3.05, 3.63) is 35.8 Å². The van der Waals surface area contributed by atoms with Crippen LogP contribution >= 0.6 is 0 Å². The van der Waals surface area contributed by atoms with Gasteiger partial charge in [0.1, 0.15) is 48.8 Å². The SMILES string of the molecule is C=C1[C@H]2[C@H](O[C@@H]3O[C@H](CO)[C@@H](O)[C@H](O)[C@H]3O)OC=C(C(=O)OCC(C)CCCC(C)CCOC(=O)C3=CO[C@@H](O[C@@H]4O[C@H](CO)[C@@H](O)[C@H](O)[C@H]4O)[C@@H]4[C@H](C)[C@@H](O)C[C@H]34)[C@H]2C[C@@H]1O. The second-order valence-electron chi connectivity index (χ2n) is 17.8. The van der Waals surface area contributed by atoms with E-state index in [9.17, 15) is 60.7 Å². The molecule has 4 aliphatic heterocycles. The Balaban J connectivity index is 0.921. The maximum atomic E-state index is 13.3. The molecule has 2 unspecified atom stereocenters. The van der Waals surface area contributed by atoms with Gasteiger partial charge < -0.3 is 89.0 Å². The number of esters is 2. The minimum Gasteiger partial charge on any atom is -0.472 e. The van der Waals surface area contributed by atoms with Crippen molar-refractivity contribution in [2.45, 2.75) is 145 Å². The number of rotatable bonds is 17. The van der Waals surface area contributed by atoms with Crippen LogP contribution in [0.2, 0.25) is 0 Å². The largest absolute Gasteiger partial charge is 0.472 e. The molecule has 0 bridgehead atoms. The van der Waals surface area contributed by atoms with Gasteiger partial charge in [-0.1, -0.05) is 40.2 Å². The van der Waals surface area contributed by atoms with Gasteiger partial charge in [-0.25, -0.2) is 9.59 Å². The molecular weight excluding hydrogens is 824 g/mol. The molecular formula is C42H64O20. The Labute approximate surface area is 359 Å². The number of hydrogen-bond donors (Lipinski definition) is 10. The maximum Gasteiger partial charge on any atom is 0.337 e. The summed E-state index contributed by atoms with van der Waals surface area (Å²) >= 11 is 0. The van der Waals surface area contributed by atoms with Gasteiger partial charge in [-0.05, 0) is 49.0 Å². The molecule has 2 saturated heterocycles. The minimum atomic E-state index is -1.68. The summed E-state index contributed by atoms with van der Waals surface area (Å²) in [4.78, 5) is 26.6. The highest BCUT2D eigenvalue weighted by molar-refractivity contribution is 5.89. The first-order valence-electron chi connectivity index (χ1n) is 21.5. The molecule has 20 nitrogen and oxygen atoms in total. The average molecular weight is 889 g/mol. The van der Waals surface area contributed by atoms with Gasteiger partial charge in [0.05, 0.1) is 68.2 Å². The van der Waals surface area contributed by atoms with E-state index >= 15 is 0 Å². The van der Waals surface area contributed by atoms with Crippen molar-refractivity contribution in [3.8, 4) is 0 Å². The fourth-order valence-corrected chi connectivity index (χ4v) is 9.40. The molecule has 0 radical (unpaired) electrons. The Morgan fingerprint density at radius 2 is 1.23 bits per heavy atom. The van der Waals surface area contributed by atoms with Crippen LogP contribution in [0.15, 0.2) is 35.8 Å². The van der Waals surface area contributed by atoms with Crippen LogP contribution in [0.25, 0.3) is 0 Å². The van der Waals surface area contributed by atoms with Crippen molar-refractivity contribution in [2.75, 3.05) is 26.4 Å². The zero-order valence-electron chi connectivity index (χ0n) is 35.1. The third-order valence-electron chi connectivity index (χ3n) is 13.4. The van der Waals surface area contributed by atoms with E-state index in [4.69, 9.17) is 37.9 Å². The van der Waals surface area contributed by atoms with E-state index < -0.39 is 135 Å². The summed E-state index contributed by atoms with van der Waals surface area (Å²) in [7, 11) is 0. The standard InChI is InChI=1S/C42H64O20/c1-17(8-9-55-37(53)23-15-57-39(29-19(3)25(45)10-21(23)29)61-41-35(51)33(49)31(47)27(12-43)59-41)6-5-7-18(2)14-56-38(54)24-16-58-40(30-20(4)26(46)11-22(24)30)62-42-36(52)34(50)32(48)28(13-44)60-42/h15-19,21-22,25-36,39-52H,4-14H2,1-3H3/t17?,18?,19-,21-,22-,25+,26+,27-,28-,29-,30-,31-,32-,33+,34+,35-,36-,39+,40+,41+,42+/m1/s1. The van der Waals surface area contributed by atoms with Crippen molar-refractivity contribution in [1.82, 2.24) is 0 Å². The van der Waals surface area contributed by atoms with Gasteiger partial charge in [0.15, 0.2) is 12.6 Å². The molecule has 0 aromatic rings. The van der Waals surface area contributed by atoms with Crippen LogP contribution < -0.4 is 0 Å². The van der Waals surface area contributed by atoms with Gasteiger partial charge in [0.2, 0.25) is 12.6 Å². The lowest BCUT2D eigenvalue weighted by molar-refractivity contribution is -0.342. The lowest BCUT2D eigenvalue weighted by atomic mass is 9.83. The molecule has 6 aliphatic rings. The molecule has 2 saturated carbocycles. The molecule has 0 aromatic heterocycles. The van der Waals surface area contributed by atoms with Crippen LogP contribution in [-0.2, 0) is 47.5 Å². The van der Waals surface area contributed by atoms with E-state index in [1.165, 1.54) is 12.5 Å². The molecule has 6 rings (SSSR count). The fourth-order valence-electron chi connectivity index (χ4n) is 9.40. The third kappa shape index (κ3) is 10.3. The first-order valence-corrected chi connectivity index (χ1v) is 21.5. The number of carbonyl (C=O) groups is 2. The summed E-state index contributed by atoms with van der Waals surface area (Å²) in [6.45, 7) is 8.71. The lowest BCUT2D eigenvalue weighted by Crippen LogP contribution is -2.60. The number of fused-ring (bicyclic) bond motifs is 2. The highest BCUT2D eigenvalue weighted by Gasteiger charge is 2.55. The molecule has 62 heavy (non-hydrogen) atoms. The normalized spacial score (nSPS) is 42.7. The summed E-state index contributed by atoms with van der Waals surface area (Å²) in [5.74, 6) is -3.76. The van der Waals surface area contributed by atoms with Crippen molar-refractivity contribution in [2.24, 2.45) is 41.4 Å². The van der Waals surface area contributed by atoms with Gasteiger partial charge in [-0.15, -0.1) is 0 Å². The molecule has 4 fully saturated rings. The Morgan fingerprint density at radius 1 is 0.694 bits per heavy atom. The number of ether oxygens (including phenoxy) is 8.